The van der Waals surface area contributed by atoms with Gasteiger partial charge in [-0.1, -0.05) is 27.4 Å². The van der Waals surface area contributed by atoms with E-state index >= 15 is 0 Å². The van der Waals surface area contributed by atoms with Crippen molar-refractivity contribution in [3.8, 4) is 0 Å². The Morgan fingerprint density at radius 3 is 2.59 bits per heavy atom. The third-order valence-electron chi connectivity index (χ3n) is 5.61. The molecule has 4 atom stereocenters. The van der Waals surface area contributed by atoms with Crippen molar-refractivity contribution in [3.63, 3.8) is 0 Å². The lowest BCUT2D eigenvalue weighted by atomic mass is 9.66. The van der Waals surface area contributed by atoms with Gasteiger partial charge in [-0.05, 0) is 36.0 Å². The maximum atomic E-state index is 11.2. The summed E-state index contributed by atoms with van der Waals surface area (Å²) in [6.07, 6.45) is 3.40. The second kappa shape index (κ2) is 3.84. The van der Waals surface area contributed by atoms with Crippen molar-refractivity contribution in [1.82, 2.24) is 0 Å². The zero-order valence-corrected chi connectivity index (χ0v) is 10.9. The Balaban J connectivity index is 2.14. The Kier molecular flexibility index (Phi) is 2.85. The fourth-order valence-electron chi connectivity index (χ4n) is 3.95. The highest BCUT2D eigenvalue weighted by Crippen LogP contribution is 2.68. The normalized spacial score (nSPS) is 40.0. The molecule has 2 fully saturated rings. The van der Waals surface area contributed by atoms with E-state index in [2.05, 4.69) is 27.4 Å². The van der Waals surface area contributed by atoms with Crippen molar-refractivity contribution < 1.29 is 14.6 Å². The summed E-state index contributed by atoms with van der Waals surface area (Å²) >= 11 is 0. The van der Waals surface area contributed by atoms with Gasteiger partial charge in [-0.15, -0.1) is 0 Å². The van der Waals surface area contributed by atoms with E-state index in [9.17, 15) is 9.90 Å². The minimum Gasteiger partial charge on any atom is -0.432 e. The maximum absolute atomic E-state index is 11.2. The lowest BCUT2D eigenvalue weighted by Crippen LogP contribution is -2.40. The number of ether oxygens (including phenoxy) is 1. The van der Waals surface area contributed by atoms with Gasteiger partial charge in [0.1, 0.15) is 0 Å². The van der Waals surface area contributed by atoms with Crippen molar-refractivity contribution in [2.24, 2.45) is 22.7 Å². The molecule has 0 amide bonds. The van der Waals surface area contributed by atoms with Crippen LogP contribution < -0.4 is 0 Å². The van der Waals surface area contributed by atoms with Gasteiger partial charge < -0.3 is 9.84 Å². The first-order valence-corrected chi connectivity index (χ1v) is 6.34. The lowest BCUT2D eigenvalue weighted by molar-refractivity contribution is -0.182. The zero-order chi connectivity index (χ0) is 12.8. The molecule has 1 N–H and O–H groups in total. The van der Waals surface area contributed by atoms with Crippen LogP contribution in [0, 0.1) is 22.7 Å². The molecule has 0 aromatic heterocycles. The van der Waals surface area contributed by atoms with E-state index in [1.54, 1.807) is 0 Å². The van der Waals surface area contributed by atoms with Crippen LogP contribution in [0.25, 0.3) is 0 Å². The molecule has 17 heavy (non-hydrogen) atoms. The molecule has 0 aliphatic heterocycles. The van der Waals surface area contributed by atoms with Gasteiger partial charge in [0.15, 0.2) is 0 Å². The summed E-state index contributed by atoms with van der Waals surface area (Å²) in [5.74, 6) is 0.149. The Morgan fingerprint density at radius 2 is 2.18 bits per heavy atom. The average Bonchev–Trinajstić information content (AvgIpc) is 2.60. The van der Waals surface area contributed by atoms with Crippen LogP contribution in [0.1, 0.15) is 40.0 Å². The Hall–Kier alpha value is -0.830. The Bertz CT molecular complexity index is 347. The van der Waals surface area contributed by atoms with Crippen molar-refractivity contribution >= 4 is 5.97 Å². The first kappa shape index (κ1) is 12.6. The highest BCUT2D eigenvalue weighted by atomic mass is 16.6. The SMILES string of the molecule is C=CC(=O)OC(O)C1CC2CCC1(C)C2(C)C. The van der Waals surface area contributed by atoms with E-state index in [1.165, 1.54) is 6.42 Å². The molecule has 2 aliphatic rings. The molecule has 2 saturated carbocycles. The van der Waals surface area contributed by atoms with Gasteiger partial charge in [-0.25, -0.2) is 4.79 Å². The largest absolute Gasteiger partial charge is 0.432 e. The number of fused-ring (bicyclic) bond motifs is 2. The average molecular weight is 238 g/mol. The molecule has 3 heteroatoms. The number of aliphatic hydroxyl groups excluding tert-OH is 1. The van der Waals surface area contributed by atoms with Crippen LogP contribution in [-0.4, -0.2) is 17.4 Å². The van der Waals surface area contributed by atoms with Crippen LogP contribution in [0.15, 0.2) is 12.7 Å². The van der Waals surface area contributed by atoms with Gasteiger partial charge in [0.2, 0.25) is 6.29 Å². The summed E-state index contributed by atoms with van der Waals surface area (Å²) in [4.78, 5) is 11.2. The monoisotopic (exact) mass is 238 g/mol. The van der Waals surface area contributed by atoms with E-state index < -0.39 is 12.3 Å². The number of hydrogen-bond acceptors (Lipinski definition) is 3. The topological polar surface area (TPSA) is 46.5 Å². The number of rotatable bonds is 3. The molecule has 0 aromatic carbocycles. The third-order valence-corrected chi connectivity index (χ3v) is 5.61. The zero-order valence-electron chi connectivity index (χ0n) is 10.9. The summed E-state index contributed by atoms with van der Waals surface area (Å²) in [7, 11) is 0. The maximum Gasteiger partial charge on any atom is 0.332 e. The molecule has 2 rings (SSSR count). The molecular formula is C14H22O3. The van der Waals surface area contributed by atoms with Crippen molar-refractivity contribution in [2.45, 2.75) is 46.3 Å². The lowest BCUT2D eigenvalue weighted by Gasteiger charge is -2.40. The van der Waals surface area contributed by atoms with Crippen LogP contribution >= 0.6 is 0 Å². The van der Waals surface area contributed by atoms with Gasteiger partial charge in [0, 0.05) is 12.0 Å². The van der Waals surface area contributed by atoms with Gasteiger partial charge in [-0.3, -0.25) is 0 Å². The minimum absolute atomic E-state index is 0.0557. The smallest absolute Gasteiger partial charge is 0.332 e. The predicted molar refractivity (Wildman–Crippen MR) is 65.0 cm³/mol. The molecule has 0 heterocycles. The summed E-state index contributed by atoms with van der Waals surface area (Å²) in [6, 6.07) is 0. The third kappa shape index (κ3) is 1.63. The van der Waals surface area contributed by atoms with Crippen LogP contribution in [-0.2, 0) is 9.53 Å². The van der Waals surface area contributed by atoms with Crippen LogP contribution in [0.4, 0.5) is 0 Å². The number of esters is 1. The van der Waals surface area contributed by atoms with Gasteiger partial charge in [0.05, 0.1) is 0 Å². The molecule has 0 spiro atoms. The molecular weight excluding hydrogens is 216 g/mol. The Morgan fingerprint density at radius 1 is 1.53 bits per heavy atom. The second-order valence-corrected chi connectivity index (χ2v) is 6.25. The summed E-state index contributed by atoms with van der Waals surface area (Å²) in [5.41, 5.74) is 0.289. The van der Waals surface area contributed by atoms with E-state index in [0.717, 1.165) is 18.9 Å². The van der Waals surface area contributed by atoms with Gasteiger partial charge >= 0.3 is 5.97 Å². The number of carbonyl (C=O) groups is 1. The number of hydrogen-bond donors (Lipinski definition) is 1. The number of carbonyl (C=O) groups excluding carboxylic acids is 1. The van der Waals surface area contributed by atoms with Gasteiger partial charge in [-0.2, -0.15) is 0 Å². The van der Waals surface area contributed by atoms with Gasteiger partial charge in [0.25, 0.3) is 0 Å². The quantitative estimate of drug-likeness (QED) is 0.467. The first-order valence-electron chi connectivity index (χ1n) is 6.34. The van der Waals surface area contributed by atoms with Crippen molar-refractivity contribution in [1.29, 1.82) is 0 Å². The molecule has 0 radical (unpaired) electrons. The molecule has 2 bridgehead atoms. The first-order chi connectivity index (χ1) is 7.83. The second-order valence-electron chi connectivity index (χ2n) is 6.25. The van der Waals surface area contributed by atoms with E-state index in [4.69, 9.17) is 4.74 Å². The van der Waals surface area contributed by atoms with Crippen molar-refractivity contribution in [3.05, 3.63) is 12.7 Å². The fourth-order valence-corrected chi connectivity index (χ4v) is 3.95. The molecule has 0 saturated heterocycles. The minimum atomic E-state index is -0.991. The standard InChI is InChI=1S/C14H22O3/c1-5-11(15)17-12(16)10-8-9-6-7-14(10,4)13(9,2)3/h5,9-10,12,16H,1,6-8H2,2-4H3. The molecule has 2 aliphatic carbocycles. The van der Waals surface area contributed by atoms with Crippen LogP contribution in [0.3, 0.4) is 0 Å². The summed E-state index contributed by atoms with van der Waals surface area (Å²) < 4.78 is 4.99. The summed E-state index contributed by atoms with van der Waals surface area (Å²) in [5, 5.41) is 10.1. The molecule has 0 aromatic rings. The summed E-state index contributed by atoms with van der Waals surface area (Å²) in [6.45, 7) is 10.1. The molecule has 4 unspecified atom stereocenters. The van der Waals surface area contributed by atoms with E-state index in [1.807, 2.05) is 0 Å². The van der Waals surface area contributed by atoms with E-state index in [0.29, 0.717) is 5.92 Å². The van der Waals surface area contributed by atoms with E-state index in [-0.39, 0.29) is 16.7 Å². The highest BCUT2D eigenvalue weighted by Gasteiger charge is 2.63. The fraction of sp³-hybridized carbons (Fsp3) is 0.786. The van der Waals surface area contributed by atoms with Crippen LogP contribution in [0.5, 0.6) is 0 Å². The molecule has 96 valence electrons. The number of aliphatic hydroxyl groups is 1. The van der Waals surface area contributed by atoms with Crippen molar-refractivity contribution in [2.75, 3.05) is 0 Å². The predicted octanol–water partition coefficient (Wildman–Crippen LogP) is 2.50. The highest BCUT2D eigenvalue weighted by molar-refractivity contribution is 5.81. The Labute approximate surface area is 103 Å². The van der Waals surface area contributed by atoms with Crippen LogP contribution in [0.2, 0.25) is 0 Å². The molecule has 3 nitrogen and oxygen atoms in total.